The lowest BCUT2D eigenvalue weighted by Crippen LogP contribution is -2.25. The summed E-state index contributed by atoms with van der Waals surface area (Å²) in [5.41, 5.74) is 1.04. The Balaban J connectivity index is 2.92. The molecular formula is C11H16N2O3S. The first-order valence-electron chi connectivity index (χ1n) is 5.18. The van der Waals surface area contributed by atoms with Crippen LogP contribution in [0, 0.1) is 0 Å². The molecule has 0 aromatic heterocycles. The SMILES string of the molecule is CCNC(=O)c1ccc(N(C)S(C)(=O)=O)cc1. The normalized spacial score (nSPS) is 11.0. The Bertz CT molecular complexity index is 494. The Kier molecular flexibility index (Phi) is 4.11. The maximum absolute atomic E-state index is 11.5. The quantitative estimate of drug-likeness (QED) is 0.867. The fourth-order valence-corrected chi connectivity index (χ4v) is 1.78. The number of nitrogens with one attached hydrogen (secondary N) is 1. The van der Waals surface area contributed by atoms with Gasteiger partial charge in [-0.05, 0) is 31.2 Å². The summed E-state index contributed by atoms with van der Waals surface area (Å²) in [5, 5.41) is 2.67. The Morgan fingerprint density at radius 1 is 1.29 bits per heavy atom. The van der Waals surface area contributed by atoms with Gasteiger partial charge in [-0.25, -0.2) is 8.42 Å². The fourth-order valence-electron chi connectivity index (χ4n) is 1.28. The van der Waals surface area contributed by atoms with Crippen LogP contribution in [-0.4, -0.2) is 34.2 Å². The molecule has 1 aromatic rings. The Labute approximate surface area is 101 Å². The number of carbonyl (C=O) groups is 1. The van der Waals surface area contributed by atoms with Gasteiger partial charge in [0.2, 0.25) is 10.0 Å². The average molecular weight is 256 g/mol. The topological polar surface area (TPSA) is 66.5 Å². The molecule has 0 radical (unpaired) electrons. The smallest absolute Gasteiger partial charge is 0.251 e. The van der Waals surface area contributed by atoms with E-state index in [2.05, 4.69) is 5.32 Å². The van der Waals surface area contributed by atoms with Crippen LogP contribution < -0.4 is 9.62 Å². The van der Waals surface area contributed by atoms with Crippen molar-refractivity contribution in [1.82, 2.24) is 5.32 Å². The van der Waals surface area contributed by atoms with Crippen molar-refractivity contribution in [3.63, 3.8) is 0 Å². The summed E-state index contributed by atoms with van der Waals surface area (Å²) in [6.45, 7) is 2.40. The highest BCUT2D eigenvalue weighted by molar-refractivity contribution is 7.92. The predicted octanol–water partition coefficient (Wildman–Crippen LogP) is 0.832. The van der Waals surface area contributed by atoms with Crippen molar-refractivity contribution in [3.05, 3.63) is 29.8 Å². The van der Waals surface area contributed by atoms with Gasteiger partial charge in [-0.2, -0.15) is 0 Å². The first-order chi connectivity index (χ1) is 7.86. The zero-order valence-electron chi connectivity index (χ0n) is 10.1. The Hall–Kier alpha value is -1.56. The minimum Gasteiger partial charge on any atom is -0.352 e. The molecule has 0 unspecified atom stereocenters. The molecule has 0 atom stereocenters. The van der Waals surface area contributed by atoms with E-state index in [1.165, 1.54) is 7.05 Å². The third kappa shape index (κ3) is 3.45. The molecule has 0 fully saturated rings. The number of hydrogen-bond acceptors (Lipinski definition) is 3. The van der Waals surface area contributed by atoms with Gasteiger partial charge in [-0.15, -0.1) is 0 Å². The highest BCUT2D eigenvalue weighted by atomic mass is 32.2. The Morgan fingerprint density at radius 2 is 1.82 bits per heavy atom. The van der Waals surface area contributed by atoms with Crippen molar-refractivity contribution in [1.29, 1.82) is 0 Å². The first-order valence-corrected chi connectivity index (χ1v) is 7.03. The summed E-state index contributed by atoms with van der Waals surface area (Å²) >= 11 is 0. The molecule has 5 nitrogen and oxygen atoms in total. The number of sulfonamides is 1. The minimum atomic E-state index is -3.27. The molecule has 6 heteroatoms. The first kappa shape index (κ1) is 13.5. The largest absolute Gasteiger partial charge is 0.352 e. The summed E-state index contributed by atoms with van der Waals surface area (Å²) in [7, 11) is -1.80. The van der Waals surface area contributed by atoms with Crippen LogP contribution in [0.3, 0.4) is 0 Å². The number of amides is 1. The van der Waals surface area contributed by atoms with Crippen LogP contribution in [-0.2, 0) is 10.0 Å². The molecule has 1 aromatic carbocycles. The van der Waals surface area contributed by atoms with Crippen molar-refractivity contribution < 1.29 is 13.2 Å². The van der Waals surface area contributed by atoms with Crippen molar-refractivity contribution in [2.75, 3.05) is 24.2 Å². The van der Waals surface area contributed by atoms with E-state index in [0.717, 1.165) is 10.6 Å². The molecule has 0 aliphatic heterocycles. The number of nitrogens with zero attached hydrogens (tertiary/aromatic N) is 1. The van der Waals surface area contributed by atoms with E-state index >= 15 is 0 Å². The van der Waals surface area contributed by atoms with E-state index in [4.69, 9.17) is 0 Å². The van der Waals surface area contributed by atoms with Gasteiger partial charge in [0.1, 0.15) is 0 Å². The zero-order valence-corrected chi connectivity index (χ0v) is 10.9. The molecule has 1 N–H and O–H groups in total. The second-order valence-corrected chi connectivity index (χ2v) is 5.65. The van der Waals surface area contributed by atoms with Crippen molar-refractivity contribution in [2.45, 2.75) is 6.92 Å². The van der Waals surface area contributed by atoms with Crippen molar-refractivity contribution in [3.8, 4) is 0 Å². The van der Waals surface area contributed by atoms with Crippen LogP contribution in [0.2, 0.25) is 0 Å². The highest BCUT2D eigenvalue weighted by Gasteiger charge is 2.12. The second-order valence-electron chi connectivity index (χ2n) is 3.64. The standard InChI is InChI=1S/C11H16N2O3S/c1-4-12-11(14)9-5-7-10(8-6-9)13(2)17(3,15)16/h5-8H,4H2,1-3H3,(H,12,14). The number of rotatable bonds is 4. The van der Waals surface area contributed by atoms with Crippen LogP contribution in [0.25, 0.3) is 0 Å². The van der Waals surface area contributed by atoms with Gasteiger partial charge in [0, 0.05) is 19.2 Å². The van der Waals surface area contributed by atoms with Crippen LogP contribution in [0.1, 0.15) is 17.3 Å². The molecule has 1 rings (SSSR count). The summed E-state index contributed by atoms with van der Waals surface area (Å²) in [4.78, 5) is 11.5. The van der Waals surface area contributed by atoms with E-state index < -0.39 is 10.0 Å². The molecule has 0 spiro atoms. The maximum Gasteiger partial charge on any atom is 0.251 e. The monoisotopic (exact) mass is 256 g/mol. The van der Waals surface area contributed by atoms with Gasteiger partial charge >= 0.3 is 0 Å². The van der Waals surface area contributed by atoms with Crippen LogP contribution in [0.5, 0.6) is 0 Å². The summed E-state index contributed by atoms with van der Waals surface area (Å²) in [5.74, 6) is -0.166. The Morgan fingerprint density at radius 3 is 2.24 bits per heavy atom. The zero-order chi connectivity index (χ0) is 13.1. The van der Waals surface area contributed by atoms with E-state index in [-0.39, 0.29) is 5.91 Å². The fraction of sp³-hybridized carbons (Fsp3) is 0.364. The molecule has 0 heterocycles. The lowest BCUT2D eigenvalue weighted by Gasteiger charge is -2.16. The number of benzene rings is 1. The lowest BCUT2D eigenvalue weighted by atomic mass is 10.2. The summed E-state index contributed by atoms with van der Waals surface area (Å²) in [6.07, 6.45) is 1.13. The average Bonchev–Trinajstić information content (AvgIpc) is 2.27. The third-order valence-electron chi connectivity index (χ3n) is 2.33. The molecule has 0 saturated carbocycles. The van der Waals surface area contributed by atoms with Gasteiger partial charge in [-0.1, -0.05) is 0 Å². The summed E-state index contributed by atoms with van der Waals surface area (Å²) in [6, 6.07) is 6.40. The van der Waals surface area contributed by atoms with E-state index in [9.17, 15) is 13.2 Å². The van der Waals surface area contributed by atoms with Crippen LogP contribution in [0.15, 0.2) is 24.3 Å². The number of carbonyl (C=O) groups excluding carboxylic acids is 1. The van der Waals surface area contributed by atoms with E-state index in [1.807, 2.05) is 6.92 Å². The third-order valence-corrected chi connectivity index (χ3v) is 3.53. The molecule has 94 valence electrons. The lowest BCUT2D eigenvalue weighted by molar-refractivity contribution is 0.0956. The molecule has 17 heavy (non-hydrogen) atoms. The molecule has 1 amide bonds. The summed E-state index contributed by atoms with van der Waals surface area (Å²) < 4.78 is 23.8. The number of hydrogen-bond donors (Lipinski definition) is 1. The highest BCUT2D eigenvalue weighted by Crippen LogP contribution is 2.16. The van der Waals surface area contributed by atoms with Gasteiger partial charge < -0.3 is 5.32 Å². The van der Waals surface area contributed by atoms with Gasteiger partial charge in [-0.3, -0.25) is 9.10 Å². The molecule has 0 aliphatic rings. The second kappa shape index (κ2) is 5.18. The van der Waals surface area contributed by atoms with Gasteiger partial charge in [0.05, 0.1) is 11.9 Å². The van der Waals surface area contributed by atoms with Crippen LogP contribution in [0.4, 0.5) is 5.69 Å². The van der Waals surface area contributed by atoms with Crippen molar-refractivity contribution in [2.24, 2.45) is 0 Å². The molecule has 0 saturated heterocycles. The molecule has 0 aliphatic carbocycles. The minimum absolute atomic E-state index is 0.166. The van der Waals surface area contributed by atoms with Crippen molar-refractivity contribution >= 4 is 21.6 Å². The molecular weight excluding hydrogens is 240 g/mol. The molecule has 0 bridgehead atoms. The van der Waals surface area contributed by atoms with E-state index in [1.54, 1.807) is 24.3 Å². The predicted molar refractivity (Wildman–Crippen MR) is 67.7 cm³/mol. The van der Waals surface area contributed by atoms with Gasteiger partial charge in [0.15, 0.2) is 0 Å². The van der Waals surface area contributed by atoms with E-state index in [0.29, 0.717) is 17.8 Å². The number of anilines is 1. The maximum atomic E-state index is 11.5. The van der Waals surface area contributed by atoms with Crippen LogP contribution >= 0.6 is 0 Å². The van der Waals surface area contributed by atoms with Gasteiger partial charge in [0.25, 0.3) is 5.91 Å².